The van der Waals surface area contributed by atoms with Gasteiger partial charge in [-0.3, -0.25) is 0 Å². The zero-order chi connectivity index (χ0) is 18.2. The van der Waals surface area contributed by atoms with Crippen LogP contribution in [-0.4, -0.2) is 5.97 Å². The van der Waals surface area contributed by atoms with E-state index in [1.165, 1.54) is 25.8 Å². The Hall–Kier alpha value is -2.52. The molecule has 0 bridgehead atoms. The second kappa shape index (κ2) is 9.09. The number of hydrogen-bond donors (Lipinski definition) is 0. The summed E-state index contributed by atoms with van der Waals surface area (Å²) in [5.41, 5.74) is 2.61. The molecule has 0 saturated heterocycles. The second-order valence-corrected chi connectivity index (χ2v) is 7.76. The SMILES string of the molecule is CC(=O)[O-].Cc1ccc([S+](c2ccccc2)c2ccc(C)cc2)cc1. The normalized spacial score (nSPS) is 10.1. The first-order chi connectivity index (χ1) is 12.0. The molecule has 2 nitrogen and oxygen atoms in total. The van der Waals surface area contributed by atoms with Crippen LogP contribution in [0.25, 0.3) is 0 Å². The van der Waals surface area contributed by atoms with Gasteiger partial charge in [0.15, 0.2) is 14.7 Å². The van der Waals surface area contributed by atoms with Gasteiger partial charge >= 0.3 is 0 Å². The van der Waals surface area contributed by atoms with Crippen molar-refractivity contribution in [3.63, 3.8) is 0 Å². The second-order valence-electron chi connectivity index (χ2n) is 5.74. The van der Waals surface area contributed by atoms with E-state index in [0.717, 1.165) is 6.92 Å². The van der Waals surface area contributed by atoms with E-state index in [2.05, 4.69) is 92.7 Å². The molecule has 25 heavy (non-hydrogen) atoms. The molecule has 0 unspecified atom stereocenters. The fraction of sp³-hybridized carbons (Fsp3) is 0.136. The van der Waals surface area contributed by atoms with Gasteiger partial charge in [-0.15, -0.1) is 0 Å². The molecule has 0 N–H and O–H groups in total. The van der Waals surface area contributed by atoms with E-state index in [0.29, 0.717) is 0 Å². The van der Waals surface area contributed by atoms with Crippen LogP contribution in [0.1, 0.15) is 18.1 Å². The zero-order valence-electron chi connectivity index (χ0n) is 14.7. The lowest BCUT2D eigenvalue weighted by molar-refractivity contribution is -0.302. The zero-order valence-corrected chi connectivity index (χ0v) is 15.5. The van der Waals surface area contributed by atoms with Crippen molar-refractivity contribution in [3.8, 4) is 0 Å². The van der Waals surface area contributed by atoms with Crippen molar-refractivity contribution in [2.75, 3.05) is 0 Å². The summed E-state index contributed by atoms with van der Waals surface area (Å²) >= 11 is 0. The molecule has 0 aliphatic carbocycles. The van der Waals surface area contributed by atoms with Gasteiger partial charge in [-0.05, 0) is 57.2 Å². The minimum absolute atomic E-state index is 0.0312. The van der Waals surface area contributed by atoms with Crippen LogP contribution in [0.3, 0.4) is 0 Å². The highest BCUT2D eigenvalue weighted by Gasteiger charge is 2.27. The molecule has 128 valence electrons. The standard InChI is InChI=1S/C20H19S.C2H4O2/c1-16-8-12-19(13-9-16)21(18-6-4-3-5-7-18)20-14-10-17(2)11-15-20;1-2(3)4/h3-15H,1-2H3;1H3,(H,3,4)/q+1;/p-1. The number of hydrogen-bond acceptors (Lipinski definition) is 2. The van der Waals surface area contributed by atoms with Crippen LogP contribution in [0.5, 0.6) is 0 Å². The van der Waals surface area contributed by atoms with E-state index in [9.17, 15) is 0 Å². The largest absolute Gasteiger partial charge is 0.550 e. The topological polar surface area (TPSA) is 40.1 Å². The number of carbonyl (C=O) groups excluding carboxylic acids is 1. The molecule has 0 aliphatic heterocycles. The quantitative estimate of drug-likeness (QED) is 0.666. The fourth-order valence-electron chi connectivity index (χ4n) is 2.31. The van der Waals surface area contributed by atoms with Crippen LogP contribution in [-0.2, 0) is 15.7 Å². The number of benzene rings is 3. The Morgan fingerprint density at radius 3 is 1.36 bits per heavy atom. The summed E-state index contributed by atoms with van der Waals surface area (Å²) in [6, 6.07) is 28.6. The van der Waals surface area contributed by atoms with E-state index in [1.54, 1.807) is 0 Å². The Morgan fingerprint density at radius 2 is 1.00 bits per heavy atom. The molecule has 3 rings (SSSR count). The van der Waals surface area contributed by atoms with Gasteiger partial charge in [-0.2, -0.15) is 0 Å². The van der Waals surface area contributed by atoms with Crippen molar-refractivity contribution >= 4 is 16.9 Å². The Bertz CT molecular complexity index is 744. The molecule has 0 aromatic heterocycles. The van der Waals surface area contributed by atoms with E-state index in [4.69, 9.17) is 9.90 Å². The lowest BCUT2D eigenvalue weighted by atomic mass is 10.2. The minimum Gasteiger partial charge on any atom is -0.550 e. The van der Waals surface area contributed by atoms with Gasteiger partial charge in [0.05, 0.1) is 10.9 Å². The molecular weight excluding hydrogens is 328 g/mol. The maximum atomic E-state index is 8.89. The lowest BCUT2D eigenvalue weighted by Crippen LogP contribution is -2.16. The van der Waals surface area contributed by atoms with Gasteiger partial charge in [-0.1, -0.05) is 53.6 Å². The van der Waals surface area contributed by atoms with Crippen LogP contribution in [0.15, 0.2) is 93.5 Å². The summed E-state index contributed by atoms with van der Waals surface area (Å²) in [5, 5.41) is 8.89. The minimum atomic E-state index is -1.08. The van der Waals surface area contributed by atoms with Crippen LogP contribution < -0.4 is 5.11 Å². The predicted molar refractivity (Wildman–Crippen MR) is 102 cm³/mol. The number of aliphatic carboxylic acids is 1. The molecule has 0 spiro atoms. The maximum absolute atomic E-state index is 8.89. The fourth-order valence-corrected chi connectivity index (χ4v) is 4.38. The highest BCUT2D eigenvalue weighted by atomic mass is 32.2. The molecular formula is C22H22O2S. The van der Waals surface area contributed by atoms with Crippen molar-refractivity contribution in [3.05, 3.63) is 90.0 Å². The maximum Gasteiger partial charge on any atom is 0.166 e. The molecule has 3 aromatic rings. The summed E-state index contributed by atoms with van der Waals surface area (Å²) < 4.78 is 0. The van der Waals surface area contributed by atoms with Gasteiger partial charge in [0, 0.05) is 5.97 Å². The molecule has 3 aromatic carbocycles. The number of carbonyl (C=O) groups is 1. The van der Waals surface area contributed by atoms with Gasteiger partial charge in [-0.25, -0.2) is 0 Å². The number of carboxylic acids is 1. The summed E-state index contributed by atoms with van der Waals surface area (Å²) in [6.07, 6.45) is 0. The van der Waals surface area contributed by atoms with Gasteiger partial charge < -0.3 is 9.90 Å². The number of aryl methyl sites for hydroxylation is 2. The average Bonchev–Trinajstić information content (AvgIpc) is 2.59. The summed E-state index contributed by atoms with van der Waals surface area (Å²) in [5.74, 6) is -1.08. The molecule has 0 aliphatic rings. The molecule has 0 saturated carbocycles. The van der Waals surface area contributed by atoms with Crippen LogP contribution in [0.4, 0.5) is 0 Å². The van der Waals surface area contributed by atoms with Crippen molar-refractivity contribution < 1.29 is 9.90 Å². The van der Waals surface area contributed by atoms with E-state index in [-0.39, 0.29) is 10.9 Å². The third-order valence-electron chi connectivity index (χ3n) is 3.49. The highest BCUT2D eigenvalue weighted by Crippen LogP contribution is 2.31. The average molecular weight is 350 g/mol. The van der Waals surface area contributed by atoms with E-state index < -0.39 is 5.97 Å². The Balaban J connectivity index is 0.000000511. The highest BCUT2D eigenvalue weighted by molar-refractivity contribution is 7.97. The third-order valence-corrected chi connectivity index (χ3v) is 5.72. The first-order valence-electron chi connectivity index (χ1n) is 8.07. The predicted octanol–water partition coefficient (Wildman–Crippen LogP) is 4.16. The smallest absolute Gasteiger partial charge is 0.166 e. The summed E-state index contributed by atoms with van der Waals surface area (Å²) in [4.78, 5) is 13.0. The van der Waals surface area contributed by atoms with Gasteiger partial charge in [0.2, 0.25) is 0 Å². The number of rotatable bonds is 3. The Labute approximate surface area is 152 Å². The molecule has 0 amide bonds. The van der Waals surface area contributed by atoms with Crippen LogP contribution >= 0.6 is 0 Å². The molecule has 0 fully saturated rings. The third kappa shape index (κ3) is 5.80. The Kier molecular flexibility index (Phi) is 6.84. The van der Waals surface area contributed by atoms with Gasteiger partial charge in [0.25, 0.3) is 0 Å². The van der Waals surface area contributed by atoms with Crippen molar-refractivity contribution in [1.29, 1.82) is 0 Å². The first kappa shape index (κ1) is 18.8. The molecule has 0 heterocycles. The lowest BCUT2D eigenvalue weighted by Gasteiger charge is -2.08. The molecule has 0 atom stereocenters. The van der Waals surface area contributed by atoms with Gasteiger partial charge in [0.1, 0.15) is 0 Å². The van der Waals surface area contributed by atoms with E-state index >= 15 is 0 Å². The van der Waals surface area contributed by atoms with Crippen LogP contribution in [0, 0.1) is 13.8 Å². The first-order valence-corrected chi connectivity index (χ1v) is 9.30. The van der Waals surface area contributed by atoms with E-state index in [1.807, 2.05) is 0 Å². The molecule has 3 heteroatoms. The summed E-state index contributed by atoms with van der Waals surface area (Å²) in [7, 11) is -0.0312. The Morgan fingerprint density at radius 1 is 0.680 bits per heavy atom. The molecule has 0 radical (unpaired) electrons. The van der Waals surface area contributed by atoms with Crippen molar-refractivity contribution in [2.24, 2.45) is 0 Å². The van der Waals surface area contributed by atoms with Crippen molar-refractivity contribution in [1.82, 2.24) is 0 Å². The summed E-state index contributed by atoms with van der Waals surface area (Å²) in [6.45, 7) is 5.24. The van der Waals surface area contributed by atoms with Crippen LogP contribution in [0.2, 0.25) is 0 Å². The van der Waals surface area contributed by atoms with Crippen molar-refractivity contribution in [2.45, 2.75) is 35.5 Å². The number of carboxylic acid groups (broad SMARTS) is 1. The monoisotopic (exact) mass is 350 g/mol.